The van der Waals surface area contributed by atoms with Gasteiger partial charge < -0.3 is 10.1 Å². The molecule has 0 aromatic heterocycles. The van der Waals surface area contributed by atoms with Crippen LogP contribution in [-0.2, 0) is 24.0 Å². The van der Waals surface area contributed by atoms with Crippen LogP contribution in [-0.4, -0.2) is 42.3 Å². The van der Waals surface area contributed by atoms with Gasteiger partial charge in [-0.05, 0) is 74.1 Å². The van der Waals surface area contributed by atoms with Crippen LogP contribution in [0.25, 0.3) is 0 Å². The quantitative estimate of drug-likeness (QED) is 0.620. The summed E-state index contributed by atoms with van der Waals surface area (Å²) in [7, 11) is 0. The van der Waals surface area contributed by atoms with E-state index in [9.17, 15) is 4.79 Å². The van der Waals surface area contributed by atoms with Crippen molar-refractivity contribution in [3.63, 3.8) is 0 Å². The Labute approximate surface area is 198 Å². The van der Waals surface area contributed by atoms with Crippen molar-refractivity contribution in [2.24, 2.45) is 11.8 Å². The lowest BCUT2D eigenvalue weighted by atomic mass is 9.79. The highest BCUT2D eigenvalue weighted by atomic mass is 16.6. The molecule has 2 bridgehead atoms. The number of carbonyl (C=O) groups is 1. The topological polar surface area (TPSA) is 41.6 Å². The predicted octanol–water partition coefficient (Wildman–Crippen LogP) is 5.39. The van der Waals surface area contributed by atoms with E-state index in [1.807, 2.05) is 0 Å². The number of nitrogens with one attached hydrogen (secondary N) is 1. The van der Waals surface area contributed by atoms with Crippen LogP contribution in [0, 0.1) is 11.8 Å². The Morgan fingerprint density at radius 3 is 2.58 bits per heavy atom. The fraction of sp³-hybridized carbons (Fsp3) is 0.552. The Morgan fingerprint density at radius 1 is 1.00 bits per heavy atom. The van der Waals surface area contributed by atoms with Gasteiger partial charge in [-0.25, -0.2) is 4.79 Å². The van der Waals surface area contributed by atoms with Crippen molar-refractivity contribution in [3.05, 3.63) is 71.3 Å². The largest absolute Gasteiger partial charge is 0.446 e. The summed E-state index contributed by atoms with van der Waals surface area (Å²) in [6, 6.07) is 20.7. The molecule has 1 saturated carbocycles. The number of piperidine rings is 2. The van der Waals surface area contributed by atoms with E-state index in [-0.39, 0.29) is 12.2 Å². The van der Waals surface area contributed by atoms with Gasteiger partial charge in [0.15, 0.2) is 0 Å². The third kappa shape index (κ3) is 5.11. The molecule has 2 heterocycles. The van der Waals surface area contributed by atoms with Gasteiger partial charge in [-0.2, -0.15) is 0 Å². The number of nitrogens with zero attached hydrogens (tertiary/aromatic N) is 1. The smallest absolute Gasteiger partial charge is 0.407 e. The first kappa shape index (κ1) is 22.5. The van der Waals surface area contributed by atoms with Gasteiger partial charge in [-0.15, -0.1) is 0 Å². The predicted molar refractivity (Wildman–Crippen MR) is 132 cm³/mol. The average molecular weight is 447 g/mol. The van der Waals surface area contributed by atoms with Gasteiger partial charge in [0.2, 0.25) is 0 Å². The fourth-order valence-corrected chi connectivity index (χ4v) is 6.62. The van der Waals surface area contributed by atoms with Crippen molar-refractivity contribution in [1.82, 2.24) is 10.2 Å². The van der Waals surface area contributed by atoms with E-state index in [0.717, 1.165) is 25.7 Å². The molecule has 1 N–H and O–H groups in total. The maximum Gasteiger partial charge on any atom is 0.407 e. The molecule has 1 amide bonds. The number of benzene rings is 2. The van der Waals surface area contributed by atoms with Gasteiger partial charge >= 0.3 is 6.09 Å². The molecule has 2 aromatic carbocycles. The van der Waals surface area contributed by atoms with Gasteiger partial charge in [0.05, 0.1) is 0 Å². The van der Waals surface area contributed by atoms with Crippen molar-refractivity contribution in [2.75, 3.05) is 13.1 Å². The molecule has 176 valence electrons. The minimum atomic E-state index is -0.236. The number of fused-ring (bicyclic) bond motifs is 4. The highest BCUT2D eigenvalue weighted by molar-refractivity contribution is 5.67. The normalized spacial score (nSPS) is 28.8. The average Bonchev–Trinajstić information content (AvgIpc) is 3.22. The van der Waals surface area contributed by atoms with Crippen molar-refractivity contribution in [3.8, 4) is 0 Å². The third-order valence-corrected chi connectivity index (χ3v) is 8.30. The maximum atomic E-state index is 12.7. The standard InChI is InChI=1S/C29H38N2O2/c1-2-21-11-13-22(14-12-21)15-16-30-29(32)33-28-20-24-19-25(28)26-10-6-7-17-31(26)27(24)18-23-8-4-3-5-9-23/h3-5,8-9,11-14,24-28H,2,6-7,10,15-20H2,1H3,(H,30,32)/t24?,25?,26-,27+,28?/m1/s1. The molecule has 3 fully saturated rings. The van der Waals surface area contributed by atoms with Crippen LogP contribution >= 0.6 is 0 Å². The zero-order valence-electron chi connectivity index (χ0n) is 19.9. The van der Waals surface area contributed by atoms with Crippen LogP contribution in [0.2, 0.25) is 0 Å². The zero-order valence-corrected chi connectivity index (χ0v) is 19.9. The summed E-state index contributed by atoms with van der Waals surface area (Å²) < 4.78 is 6.07. The molecule has 2 aromatic rings. The number of hydrogen-bond donors (Lipinski definition) is 1. The minimum Gasteiger partial charge on any atom is -0.446 e. The summed E-state index contributed by atoms with van der Waals surface area (Å²) in [6.45, 7) is 3.99. The van der Waals surface area contributed by atoms with E-state index < -0.39 is 0 Å². The lowest BCUT2D eigenvalue weighted by Crippen LogP contribution is -2.56. The van der Waals surface area contributed by atoms with Crippen LogP contribution in [0.5, 0.6) is 0 Å². The number of hydrogen-bond acceptors (Lipinski definition) is 3. The molecule has 1 aliphatic carbocycles. The molecule has 2 saturated heterocycles. The molecule has 5 atom stereocenters. The SMILES string of the molecule is CCc1ccc(CCNC(=O)OC2CC3CC2[C@H]2CCCCN2[C@H]3Cc2ccccc2)cc1. The summed E-state index contributed by atoms with van der Waals surface area (Å²) in [5, 5.41) is 3.01. The highest BCUT2D eigenvalue weighted by Gasteiger charge is 2.52. The number of carbonyl (C=O) groups excluding carboxylic acids is 1. The van der Waals surface area contributed by atoms with E-state index in [0.29, 0.717) is 30.5 Å². The van der Waals surface area contributed by atoms with Gasteiger partial charge in [0, 0.05) is 24.5 Å². The lowest BCUT2D eigenvalue weighted by Gasteiger charge is -2.49. The number of ether oxygens (including phenoxy) is 1. The van der Waals surface area contributed by atoms with Gasteiger partial charge in [-0.3, -0.25) is 4.90 Å². The Balaban J connectivity index is 1.18. The summed E-state index contributed by atoms with van der Waals surface area (Å²) in [5.74, 6) is 1.12. The number of aryl methyl sites for hydroxylation is 1. The molecular weight excluding hydrogens is 408 g/mol. The Bertz CT molecular complexity index is 913. The van der Waals surface area contributed by atoms with E-state index in [2.05, 4.69) is 71.7 Å². The van der Waals surface area contributed by atoms with Crippen molar-refractivity contribution >= 4 is 6.09 Å². The van der Waals surface area contributed by atoms with Crippen molar-refractivity contribution < 1.29 is 9.53 Å². The molecule has 4 nitrogen and oxygen atoms in total. The molecule has 33 heavy (non-hydrogen) atoms. The first-order valence-corrected chi connectivity index (χ1v) is 13.0. The van der Waals surface area contributed by atoms with Crippen LogP contribution in [0.3, 0.4) is 0 Å². The second-order valence-corrected chi connectivity index (χ2v) is 10.2. The van der Waals surface area contributed by atoms with Crippen molar-refractivity contribution in [2.45, 2.75) is 76.5 Å². The zero-order chi connectivity index (χ0) is 22.6. The molecule has 0 radical (unpaired) electrons. The lowest BCUT2D eigenvalue weighted by molar-refractivity contribution is -0.0158. The summed E-state index contributed by atoms with van der Waals surface area (Å²) in [4.78, 5) is 15.5. The van der Waals surface area contributed by atoms with E-state index in [4.69, 9.17) is 4.74 Å². The first-order valence-electron chi connectivity index (χ1n) is 13.0. The van der Waals surface area contributed by atoms with Crippen LogP contribution < -0.4 is 5.32 Å². The van der Waals surface area contributed by atoms with Gasteiger partial charge in [0.25, 0.3) is 0 Å². The summed E-state index contributed by atoms with van der Waals surface area (Å²) in [6.07, 6.45) is 8.90. The molecule has 2 aliphatic heterocycles. The molecule has 4 heteroatoms. The van der Waals surface area contributed by atoms with Crippen molar-refractivity contribution in [1.29, 1.82) is 0 Å². The second-order valence-electron chi connectivity index (χ2n) is 10.2. The summed E-state index contributed by atoms with van der Waals surface area (Å²) >= 11 is 0. The fourth-order valence-electron chi connectivity index (χ4n) is 6.62. The van der Waals surface area contributed by atoms with Crippen LogP contribution in [0.4, 0.5) is 4.79 Å². The van der Waals surface area contributed by atoms with E-state index >= 15 is 0 Å². The molecular formula is C29H38N2O2. The van der Waals surface area contributed by atoms with E-state index in [1.54, 1.807) is 0 Å². The molecule has 3 unspecified atom stereocenters. The molecule has 0 spiro atoms. The second kappa shape index (κ2) is 10.3. The molecule has 5 rings (SSSR count). The maximum absolute atomic E-state index is 12.7. The molecule has 3 aliphatic rings. The monoisotopic (exact) mass is 446 g/mol. The number of alkyl carbamates (subject to hydrolysis) is 1. The van der Waals surface area contributed by atoms with Gasteiger partial charge in [-0.1, -0.05) is 67.9 Å². The summed E-state index contributed by atoms with van der Waals surface area (Å²) in [5.41, 5.74) is 4.03. The van der Waals surface area contributed by atoms with Gasteiger partial charge in [0.1, 0.15) is 6.10 Å². The third-order valence-electron chi connectivity index (χ3n) is 8.30. The van der Waals surface area contributed by atoms with E-state index in [1.165, 1.54) is 48.9 Å². The number of amides is 1. The Kier molecular flexibility index (Phi) is 7.01. The number of rotatable bonds is 7. The Hall–Kier alpha value is -2.33. The minimum absolute atomic E-state index is 0.0604. The van der Waals surface area contributed by atoms with Crippen LogP contribution in [0.15, 0.2) is 54.6 Å². The first-order chi connectivity index (χ1) is 16.2. The van der Waals surface area contributed by atoms with Crippen LogP contribution in [0.1, 0.15) is 55.7 Å². The Morgan fingerprint density at radius 2 is 1.79 bits per heavy atom. The highest BCUT2D eigenvalue weighted by Crippen LogP contribution is 2.48.